The summed E-state index contributed by atoms with van der Waals surface area (Å²) in [5, 5.41) is 1.00. The third kappa shape index (κ3) is 2.04. The highest BCUT2D eigenvalue weighted by atomic mass is 32.1. The second-order valence-electron chi connectivity index (χ2n) is 2.01. The van der Waals surface area contributed by atoms with Crippen LogP contribution >= 0.6 is 23.6 Å². The van der Waals surface area contributed by atoms with Crippen molar-refractivity contribution in [2.75, 3.05) is 0 Å². The minimum absolute atomic E-state index is 0.509. The Kier molecular flexibility index (Phi) is 2.34. The van der Waals surface area contributed by atoms with E-state index in [2.05, 4.69) is 4.98 Å². The Morgan fingerprint density at radius 2 is 2.60 bits per heavy atom. The summed E-state index contributed by atoms with van der Waals surface area (Å²) in [5.41, 5.74) is 5.33. The zero-order chi connectivity index (χ0) is 7.56. The molecule has 0 bridgehead atoms. The van der Waals surface area contributed by atoms with Crippen molar-refractivity contribution in [3.63, 3.8) is 0 Å². The summed E-state index contributed by atoms with van der Waals surface area (Å²) < 4.78 is 0. The summed E-state index contributed by atoms with van der Waals surface area (Å²) in [6.07, 6.45) is 2.46. The number of aryl methyl sites for hydroxylation is 1. The molecule has 0 radical (unpaired) electrons. The minimum Gasteiger partial charge on any atom is -0.393 e. The quantitative estimate of drug-likeness (QED) is 0.683. The van der Waals surface area contributed by atoms with Gasteiger partial charge in [-0.1, -0.05) is 12.2 Å². The summed E-state index contributed by atoms with van der Waals surface area (Å²) in [5.74, 6) is 0. The molecule has 10 heavy (non-hydrogen) atoms. The van der Waals surface area contributed by atoms with Gasteiger partial charge in [0, 0.05) is 17.5 Å². The molecule has 0 aliphatic carbocycles. The molecule has 0 aliphatic heterocycles. The van der Waals surface area contributed by atoms with Gasteiger partial charge in [0.15, 0.2) is 0 Å². The van der Waals surface area contributed by atoms with Gasteiger partial charge in [-0.05, 0) is 6.92 Å². The maximum Gasteiger partial charge on any atom is 0.0995 e. The normalized spacial score (nSPS) is 9.70. The molecule has 1 heterocycles. The molecule has 2 N–H and O–H groups in total. The molecule has 0 amide bonds. The van der Waals surface area contributed by atoms with E-state index in [9.17, 15) is 0 Å². The molecule has 54 valence electrons. The number of aromatic nitrogens is 1. The van der Waals surface area contributed by atoms with Crippen molar-refractivity contribution in [1.82, 2.24) is 4.98 Å². The van der Waals surface area contributed by atoms with Crippen molar-refractivity contribution in [2.45, 2.75) is 13.3 Å². The summed E-state index contributed by atoms with van der Waals surface area (Å²) in [6.45, 7) is 2.01. The van der Waals surface area contributed by atoms with E-state index in [-0.39, 0.29) is 0 Å². The van der Waals surface area contributed by atoms with Crippen molar-refractivity contribution in [3.8, 4) is 0 Å². The molecule has 4 heteroatoms. The lowest BCUT2D eigenvalue weighted by Crippen LogP contribution is -2.10. The van der Waals surface area contributed by atoms with E-state index in [1.54, 1.807) is 11.3 Å². The lowest BCUT2D eigenvalue weighted by Gasteiger charge is -1.88. The highest BCUT2D eigenvalue weighted by Gasteiger charge is 1.98. The van der Waals surface area contributed by atoms with Crippen molar-refractivity contribution < 1.29 is 0 Å². The van der Waals surface area contributed by atoms with E-state index in [4.69, 9.17) is 18.0 Å². The molecule has 0 atom stereocenters. The third-order valence-corrected chi connectivity index (χ3v) is 2.05. The summed E-state index contributed by atoms with van der Waals surface area (Å²) in [7, 11) is 0. The van der Waals surface area contributed by atoms with Crippen LogP contribution in [0.5, 0.6) is 0 Å². The van der Waals surface area contributed by atoms with Crippen LogP contribution < -0.4 is 5.73 Å². The van der Waals surface area contributed by atoms with Crippen molar-refractivity contribution in [3.05, 3.63) is 16.1 Å². The molecule has 0 spiro atoms. The van der Waals surface area contributed by atoms with Gasteiger partial charge in [-0.15, -0.1) is 11.3 Å². The van der Waals surface area contributed by atoms with Crippen LogP contribution in [-0.4, -0.2) is 9.97 Å². The maximum absolute atomic E-state index is 5.33. The van der Waals surface area contributed by atoms with Crippen LogP contribution in [0.2, 0.25) is 0 Å². The van der Waals surface area contributed by atoms with Crippen LogP contribution in [0.3, 0.4) is 0 Å². The first-order valence-corrected chi connectivity index (χ1v) is 4.10. The van der Waals surface area contributed by atoms with Crippen LogP contribution in [-0.2, 0) is 6.42 Å². The van der Waals surface area contributed by atoms with Gasteiger partial charge >= 0.3 is 0 Å². The molecule has 0 aromatic carbocycles. The average molecular weight is 172 g/mol. The first-order chi connectivity index (χ1) is 4.68. The first-order valence-electron chi connectivity index (χ1n) is 2.88. The average Bonchev–Trinajstić information content (AvgIpc) is 2.13. The van der Waals surface area contributed by atoms with Gasteiger partial charge in [0.05, 0.1) is 10.00 Å². The number of thiazole rings is 1. The summed E-state index contributed by atoms with van der Waals surface area (Å²) in [4.78, 5) is 5.82. The molecule has 1 rings (SSSR count). The van der Waals surface area contributed by atoms with Gasteiger partial charge in [-0.25, -0.2) is 4.98 Å². The SMILES string of the molecule is Cc1cnc(CC(N)=S)s1. The Morgan fingerprint density at radius 1 is 1.90 bits per heavy atom. The van der Waals surface area contributed by atoms with E-state index < -0.39 is 0 Å². The van der Waals surface area contributed by atoms with Gasteiger partial charge in [-0.2, -0.15) is 0 Å². The fourth-order valence-electron chi connectivity index (χ4n) is 0.632. The first kappa shape index (κ1) is 7.63. The number of nitrogens with zero attached hydrogens (tertiary/aromatic N) is 1. The standard InChI is InChI=1S/C6H8N2S2/c1-4-3-8-6(10-4)2-5(7)9/h3H,2H2,1H3,(H2,7,9). The fourth-order valence-corrected chi connectivity index (χ4v) is 1.67. The molecule has 2 nitrogen and oxygen atoms in total. The second kappa shape index (κ2) is 3.07. The molecular weight excluding hydrogens is 164 g/mol. The summed E-state index contributed by atoms with van der Waals surface area (Å²) in [6, 6.07) is 0. The molecular formula is C6H8N2S2. The number of hydrogen-bond acceptors (Lipinski definition) is 3. The van der Waals surface area contributed by atoms with Crippen molar-refractivity contribution in [1.29, 1.82) is 0 Å². The van der Waals surface area contributed by atoms with E-state index in [0.717, 1.165) is 5.01 Å². The molecule has 1 aromatic heterocycles. The highest BCUT2D eigenvalue weighted by molar-refractivity contribution is 7.80. The Labute approximate surface area is 69.1 Å². The van der Waals surface area contributed by atoms with E-state index >= 15 is 0 Å². The Morgan fingerprint density at radius 3 is 3.00 bits per heavy atom. The minimum atomic E-state index is 0.509. The zero-order valence-electron chi connectivity index (χ0n) is 5.63. The lowest BCUT2D eigenvalue weighted by atomic mass is 10.4. The molecule has 0 unspecified atom stereocenters. The number of nitrogens with two attached hydrogens (primary N) is 1. The van der Waals surface area contributed by atoms with Crippen molar-refractivity contribution in [2.24, 2.45) is 5.73 Å². The molecule has 0 saturated heterocycles. The molecule has 0 aliphatic rings. The van der Waals surface area contributed by atoms with Gasteiger partial charge < -0.3 is 5.73 Å². The Balaban J connectivity index is 2.67. The van der Waals surface area contributed by atoms with Crippen LogP contribution in [0.25, 0.3) is 0 Å². The predicted molar refractivity (Wildman–Crippen MR) is 47.3 cm³/mol. The third-order valence-electron chi connectivity index (χ3n) is 0.995. The van der Waals surface area contributed by atoms with E-state index in [1.165, 1.54) is 4.88 Å². The van der Waals surface area contributed by atoms with Crippen molar-refractivity contribution >= 4 is 28.5 Å². The Hall–Kier alpha value is -0.480. The maximum atomic E-state index is 5.33. The molecule has 1 aromatic rings. The van der Waals surface area contributed by atoms with Crippen LogP contribution in [0.4, 0.5) is 0 Å². The number of hydrogen-bond donors (Lipinski definition) is 1. The van der Waals surface area contributed by atoms with Crippen LogP contribution in [0.15, 0.2) is 6.20 Å². The topological polar surface area (TPSA) is 38.9 Å². The Bertz CT molecular complexity index is 242. The summed E-state index contributed by atoms with van der Waals surface area (Å²) >= 11 is 6.37. The number of rotatable bonds is 2. The van der Waals surface area contributed by atoms with Gasteiger partial charge in [0.2, 0.25) is 0 Å². The van der Waals surface area contributed by atoms with E-state index in [0.29, 0.717) is 11.4 Å². The predicted octanol–water partition coefficient (Wildman–Crippen LogP) is 1.28. The van der Waals surface area contributed by atoms with Gasteiger partial charge in [-0.3, -0.25) is 0 Å². The molecule has 0 fully saturated rings. The van der Waals surface area contributed by atoms with E-state index in [1.807, 2.05) is 13.1 Å². The zero-order valence-corrected chi connectivity index (χ0v) is 7.26. The molecule has 0 saturated carbocycles. The second-order valence-corrected chi connectivity index (χ2v) is 3.85. The fraction of sp³-hybridized carbons (Fsp3) is 0.333. The highest BCUT2D eigenvalue weighted by Crippen LogP contribution is 2.11. The van der Waals surface area contributed by atoms with Crippen LogP contribution in [0, 0.1) is 6.92 Å². The smallest absolute Gasteiger partial charge is 0.0995 e. The van der Waals surface area contributed by atoms with Crippen LogP contribution in [0.1, 0.15) is 9.88 Å². The van der Waals surface area contributed by atoms with Gasteiger partial charge in [0.1, 0.15) is 0 Å². The number of thiocarbonyl (C=S) groups is 1. The van der Waals surface area contributed by atoms with Gasteiger partial charge in [0.25, 0.3) is 0 Å². The largest absolute Gasteiger partial charge is 0.393 e. The monoisotopic (exact) mass is 172 g/mol. The lowest BCUT2D eigenvalue weighted by molar-refractivity contribution is 1.22.